The molecule has 1 fully saturated rings. The van der Waals surface area contributed by atoms with Gasteiger partial charge in [0.1, 0.15) is 5.69 Å². The summed E-state index contributed by atoms with van der Waals surface area (Å²) < 4.78 is 3.75. The van der Waals surface area contributed by atoms with Crippen LogP contribution in [0.5, 0.6) is 0 Å². The highest BCUT2D eigenvalue weighted by molar-refractivity contribution is 5.97. The molecule has 8 nitrogen and oxygen atoms in total. The first kappa shape index (κ1) is 22.8. The number of aliphatic hydroxyl groups excluding tert-OH is 1. The van der Waals surface area contributed by atoms with Crippen LogP contribution in [0.2, 0.25) is 0 Å². The number of benzene rings is 1. The molecule has 1 atom stereocenters. The lowest BCUT2D eigenvalue weighted by Crippen LogP contribution is -2.36. The molecule has 1 aliphatic carbocycles. The van der Waals surface area contributed by atoms with Crippen LogP contribution in [0.4, 0.5) is 5.69 Å². The Bertz CT molecular complexity index is 1450. The van der Waals surface area contributed by atoms with E-state index in [4.69, 9.17) is 0 Å². The van der Waals surface area contributed by atoms with E-state index in [0.29, 0.717) is 12.0 Å². The largest absolute Gasteiger partial charge is 0.392 e. The van der Waals surface area contributed by atoms with E-state index in [9.17, 15) is 19.5 Å². The van der Waals surface area contributed by atoms with Crippen LogP contribution >= 0.6 is 0 Å². The molecule has 2 aliphatic heterocycles. The average molecular weight is 487 g/mol. The predicted molar refractivity (Wildman–Crippen MR) is 136 cm³/mol. The molecule has 3 aromatic rings. The van der Waals surface area contributed by atoms with Crippen molar-refractivity contribution in [2.45, 2.75) is 57.7 Å². The van der Waals surface area contributed by atoms with Gasteiger partial charge in [0.05, 0.1) is 18.2 Å². The molecule has 0 saturated heterocycles. The van der Waals surface area contributed by atoms with Crippen LogP contribution in [-0.4, -0.2) is 26.1 Å². The number of pyridine rings is 1. The highest BCUT2D eigenvalue weighted by Crippen LogP contribution is 2.36. The molecule has 0 radical (unpaired) electrons. The summed E-state index contributed by atoms with van der Waals surface area (Å²) in [6.07, 6.45) is 7.33. The Morgan fingerprint density at radius 1 is 1.17 bits per heavy atom. The van der Waals surface area contributed by atoms with E-state index in [-0.39, 0.29) is 41.6 Å². The average Bonchev–Trinajstić information content (AvgIpc) is 3.67. The van der Waals surface area contributed by atoms with Crippen molar-refractivity contribution in [3.8, 4) is 11.1 Å². The quantitative estimate of drug-likeness (QED) is 0.515. The summed E-state index contributed by atoms with van der Waals surface area (Å²) in [4.78, 5) is 38.1. The molecule has 0 spiro atoms. The smallest absolute Gasteiger partial charge is 0.274 e. The van der Waals surface area contributed by atoms with Gasteiger partial charge in [0, 0.05) is 49.1 Å². The third-order valence-electron chi connectivity index (χ3n) is 7.75. The van der Waals surface area contributed by atoms with Gasteiger partial charge in [0.15, 0.2) is 0 Å². The van der Waals surface area contributed by atoms with Gasteiger partial charge in [-0.1, -0.05) is 18.2 Å². The van der Waals surface area contributed by atoms with Crippen LogP contribution in [0.3, 0.4) is 0 Å². The molecule has 0 bridgehead atoms. The summed E-state index contributed by atoms with van der Waals surface area (Å²) in [6.45, 7) is 0.717. The maximum atomic E-state index is 13.1. The minimum absolute atomic E-state index is 0.0192. The number of amides is 2. The minimum Gasteiger partial charge on any atom is -0.392 e. The second-order valence-corrected chi connectivity index (χ2v) is 10.2. The van der Waals surface area contributed by atoms with Crippen molar-refractivity contribution in [1.82, 2.24) is 14.5 Å². The fraction of sp³-hybridized carbons (Fsp3) is 0.393. The van der Waals surface area contributed by atoms with Gasteiger partial charge in [0.25, 0.3) is 11.5 Å². The summed E-state index contributed by atoms with van der Waals surface area (Å²) in [5.74, 6) is -0.226. The zero-order chi connectivity index (χ0) is 25.0. The van der Waals surface area contributed by atoms with Gasteiger partial charge in [0.2, 0.25) is 5.91 Å². The van der Waals surface area contributed by atoms with Crippen molar-refractivity contribution in [2.75, 3.05) is 5.32 Å². The number of nitrogens with one attached hydrogen (secondary N) is 2. The summed E-state index contributed by atoms with van der Waals surface area (Å²) in [5, 5.41) is 16.4. The van der Waals surface area contributed by atoms with Gasteiger partial charge >= 0.3 is 0 Å². The Kier molecular flexibility index (Phi) is 5.56. The molecule has 1 aromatic carbocycles. The Hall–Kier alpha value is -3.65. The molecule has 36 heavy (non-hydrogen) atoms. The van der Waals surface area contributed by atoms with Gasteiger partial charge in [-0.3, -0.25) is 14.4 Å². The van der Waals surface area contributed by atoms with E-state index < -0.39 is 0 Å². The zero-order valence-corrected chi connectivity index (χ0v) is 20.3. The maximum Gasteiger partial charge on any atom is 0.274 e. The fourth-order valence-corrected chi connectivity index (χ4v) is 5.70. The van der Waals surface area contributed by atoms with Crippen molar-refractivity contribution >= 4 is 17.5 Å². The van der Waals surface area contributed by atoms with Crippen LogP contribution in [0, 0.1) is 5.92 Å². The van der Waals surface area contributed by atoms with E-state index in [1.54, 1.807) is 19.3 Å². The monoisotopic (exact) mass is 486 g/mol. The zero-order valence-electron chi connectivity index (χ0n) is 20.3. The van der Waals surface area contributed by atoms with Gasteiger partial charge in [-0.05, 0) is 60.9 Å². The lowest BCUT2D eigenvalue weighted by Gasteiger charge is -2.29. The molecule has 4 heterocycles. The van der Waals surface area contributed by atoms with Gasteiger partial charge in [-0.2, -0.15) is 0 Å². The number of aryl methyl sites for hydroxylation is 2. The number of rotatable bonds is 5. The summed E-state index contributed by atoms with van der Waals surface area (Å²) in [5.41, 5.74) is 6.06. The van der Waals surface area contributed by atoms with Crippen molar-refractivity contribution in [3.05, 3.63) is 75.0 Å². The molecule has 1 unspecified atom stereocenters. The molecule has 3 N–H and O–H groups in total. The molecule has 8 heteroatoms. The topological polar surface area (TPSA) is 105 Å². The highest BCUT2D eigenvalue weighted by Gasteiger charge is 2.32. The van der Waals surface area contributed by atoms with E-state index in [1.165, 1.54) is 10.3 Å². The van der Waals surface area contributed by atoms with Gasteiger partial charge in [-0.15, -0.1) is 0 Å². The van der Waals surface area contributed by atoms with E-state index in [1.807, 2.05) is 24.3 Å². The van der Waals surface area contributed by atoms with Crippen LogP contribution in [0.1, 0.15) is 64.6 Å². The number of carbonyl (C=O) groups excluding carboxylic acids is 2. The lowest BCUT2D eigenvalue weighted by molar-refractivity contribution is -0.117. The van der Waals surface area contributed by atoms with Gasteiger partial charge in [-0.25, -0.2) is 0 Å². The second-order valence-electron chi connectivity index (χ2n) is 10.2. The molecular formula is C28H30N4O4. The Morgan fingerprint density at radius 3 is 2.78 bits per heavy atom. The predicted octanol–water partition coefficient (Wildman–Crippen LogP) is 3.06. The number of anilines is 1. The van der Waals surface area contributed by atoms with E-state index >= 15 is 0 Å². The Labute approximate surface area is 208 Å². The number of aliphatic hydroxyl groups is 1. The van der Waals surface area contributed by atoms with Gasteiger partial charge < -0.3 is 24.9 Å². The normalized spacial score (nSPS) is 18.8. The Morgan fingerprint density at radius 2 is 2.00 bits per heavy atom. The lowest BCUT2D eigenvalue weighted by atomic mass is 9.88. The number of hydrogen-bond acceptors (Lipinski definition) is 4. The summed E-state index contributed by atoms with van der Waals surface area (Å²) in [7, 11) is 1.65. The molecule has 6 rings (SSSR count). The Balaban J connectivity index is 1.39. The van der Waals surface area contributed by atoms with Crippen molar-refractivity contribution in [1.29, 1.82) is 0 Å². The fourth-order valence-electron chi connectivity index (χ4n) is 5.70. The highest BCUT2D eigenvalue weighted by atomic mass is 16.3. The molecule has 2 aromatic heterocycles. The van der Waals surface area contributed by atoms with Crippen molar-refractivity contribution in [3.63, 3.8) is 0 Å². The third kappa shape index (κ3) is 3.86. The first-order chi connectivity index (χ1) is 17.4. The van der Waals surface area contributed by atoms with Crippen molar-refractivity contribution < 1.29 is 14.7 Å². The third-order valence-corrected chi connectivity index (χ3v) is 7.75. The van der Waals surface area contributed by atoms with Crippen LogP contribution < -0.4 is 16.2 Å². The van der Waals surface area contributed by atoms with Crippen LogP contribution in [0.15, 0.2) is 41.3 Å². The second kappa shape index (κ2) is 8.78. The maximum absolute atomic E-state index is 13.1. The minimum atomic E-state index is -0.278. The molecule has 1 saturated carbocycles. The summed E-state index contributed by atoms with van der Waals surface area (Å²) >= 11 is 0. The van der Waals surface area contributed by atoms with Crippen LogP contribution in [0.25, 0.3) is 11.1 Å². The summed E-state index contributed by atoms with van der Waals surface area (Å²) in [6, 6.07) is 9.20. The number of carbonyl (C=O) groups is 2. The van der Waals surface area contributed by atoms with E-state index in [0.717, 1.165) is 66.6 Å². The number of hydrogen-bond donors (Lipinski definition) is 3. The van der Waals surface area contributed by atoms with Crippen molar-refractivity contribution in [2.24, 2.45) is 13.0 Å². The van der Waals surface area contributed by atoms with E-state index in [2.05, 4.69) is 15.2 Å². The first-order valence-electron chi connectivity index (χ1n) is 12.7. The molecular weight excluding hydrogens is 456 g/mol. The number of fused-ring (bicyclic) bond motifs is 3. The first-order valence-corrected chi connectivity index (χ1v) is 12.7. The standard InChI is InChI=1S/C28H30N4O4/c1-31-14-17(11-24(28(31)36)30-26(34)16-8-9-16)19-6-4-7-20(22(19)15-33)23-13-25-21(27(35)29-23)12-18-5-2-3-10-32(18)25/h4,6-7,11-12,14,16,23,33H,2-3,5,8-10,13,15H2,1H3,(H,29,35)(H,30,34). The number of nitrogens with zero attached hydrogens (tertiary/aromatic N) is 2. The molecule has 186 valence electrons. The number of aromatic nitrogens is 2. The van der Waals surface area contributed by atoms with Crippen LogP contribution in [-0.2, 0) is 37.8 Å². The molecule has 2 amide bonds. The molecule has 3 aliphatic rings. The SMILES string of the molecule is Cn1cc(-c2cccc(C3Cc4c(cc5n4CCCC5)C(=O)N3)c2CO)cc(NC(=O)C2CC2)c1=O.